The smallest absolute Gasteiger partial charge is 0.417 e. The molecule has 0 unspecified atom stereocenters. The van der Waals surface area contributed by atoms with Crippen molar-refractivity contribution >= 4 is 40.8 Å². The molecule has 0 fully saturated rings. The van der Waals surface area contributed by atoms with Gasteiger partial charge in [-0.3, -0.25) is 19.9 Å². The number of carbonyl (C=O) groups is 3. The van der Waals surface area contributed by atoms with Gasteiger partial charge in [0.05, 0.1) is 28.4 Å². The first-order valence-electron chi connectivity index (χ1n) is 10.1. The number of nitrogens with zero attached hydrogens (tertiary/aromatic N) is 1. The van der Waals surface area contributed by atoms with E-state index in [1.807, 2.05) is 25.2 Å². The van der Waals surface area contributed by atoms with Crippen molar-refractivity contribution in [2.45, 2.75) is 26.4 Å². The maximum Gasteiger partial charge on any atom is 0.417 e. The summed E-state index contributed by atoms with van der Waals surface area (Å²) < 4.78 is 39.7. The number of benzene rings is 2. The third-order valence-electron chi connectivity index (χ3n) is 4.98. The van der Waals surface area contributed by atoms with Gasteiger partial charge in [-0.05, 0) is 54.8 Å². The summed E-state index contributed by atoms with van der Waals surface area (Å²) in [5, 5.41) is 12.2. The summed E-state index contributed by atoms with van der Waals surface area (Å²) in [5.74, 6) is -1.51. The minimum Gasteiger partial charge on any atom is -0.465 e. The number of carbonyl (C=O) groups excluding carboxylic acids is 2. The van der Waals surface area contributed by atoms with Crippen LogP contribution in [0.15, 0.2) is 48.7 Å². The van der Waals surface area contributed by atoms with E-state index in [2.05, 4.69) is 10.3 Å². The predicted molar refractivity (Wildman–Crippen MR) is 125 cm³/mol. The predicted octanol–water partition coefficient (Wildman–Crippen LogP) is 6.34. The second kappa shape index (κ2) is 10.1. The van der Waals surface area contributed by atoms with Crippen LogP contribution in [0.5, 0.6) is 0 Å². The molecule has 7 nitrogen and oxygen atoms in total. The van der Waals surface area contributed by atoms with Crippen LogP contribution in [0.3, 0.4) is 0 Å². The molecule has 0 saturated carbocycles. The van der Waals surface area contributed by atoms with Crippen LogP contribution in [0.2, 0.25) is 5.02 Å². The normalized spacial score (nSPS) is 11.1. The Hall–Kier alpha value is -3.92. The highest BCUT2D eigenvalue weighted by molar-refractivity contribution is 6.32. The van der Waals surface area contributed by atoms with Gasteiger partial charge in [0.25, 0.3) is 0 Å². The maximum absolute atomic E-state index is 13.2. The molecule has 0 aliphatic carbocycles. The van der Waals surface area contributed by atoms with Crippen LogP contribution in [-0.4, -0.2) is 27.9 Å². The molecule has 2 amide bonds. The molecule has 0 aliphatic rings. The van der Waals surface area contributed by atoms with E-state index < -0.39 is 46.7 Å². The van der Waals surface area contributed by atoms with Crippen molar-refractivity contribution in [2.24, 2.45) is 0 Å². The number of nitrogens with one attached hydrogen (secondary N) is 2. The largest absolute Gasteiger partial charge is 0.465 e. The van der Waals surface area contributed by atoms with E-state index in [0.717, 1.165) is 28.5 Å². The molecule has 35 heavy (non-hydrogen) atoms. The molecule has 0 atom stereocenters. The van der Waals surface area contributed by atoms with Gasteiger partial charge in [-0.25, -0.2) is 4.79 Å². The molecule has 3 rings (SSSR count). The van der Waals surface area contributed by atoms with Crippen molar-refractivity contribution in [2.75, 3.05) is 10.6 Å². The summed E-state index contributed by atoms with van der Waals surface area (Å²) >= 11 is 5.63. The lowest BCUT2D eigenvalue weighted by Crippen LogP contribution is -2.19. The number of hydrogen-bond donors (Lipinski definition) is 3. The summed E-state index contributed by atoms with van der Waals surface area (Å²) in [6, 6.07) is 9.68. The molecular formula is C24H19ClF3N3O4. The number of anilines is 2. The summed E-state index contributed by atoms with van der Waals surface area (Å²) in [6.45, 7) is 3.70. The van der Waals surface area contributed by atoms with Crippen molar-refractivity contribution in [1.82, 2.24) is 4.98 Å². The number of alkyl halides is 3. The van der Waals surface area contributed by atoms with E-state index in [4.69, 9.17) is 16.7 Å². The van der Waals surface area contributed by atoms with E-state index in [1.165, 1.54) is 6.07 Å². The van der Waals surface area contributed by atoms with Crippen molar-refractivity contribution in [3.05, 3.63) is 76.1 Å². The number of carboxylic acid groups (broad SMARTS) is 1. The number of pyridine rings is 1. The Morgan fingerprint density at radius 2 is 1.71 bits per heavy atom. The lowest BCUT2D eigenvalue weighted by Gasteiger charge is -2.16. The molecule has 0 spiro atoms. The summed E-state index contributed by atoms with van der Waals surface area (Å²) in [4.78, 5) is 40.5. The maximum atomic E-state index is 13.2. The highest BCUT2D eigenvalue weighted by Gasteiger charge is 2.34. The number of hydrogen-bond acceptors (Lipinski definition) is 4. The third kappa shape index (κ3) is 6.36. The Morgan fingerprint density at radius 1 is 1.03 bits per heavy atom. The van der Waals surface area contributed by atoms with E-state index in [9.17, 15) is 27.6 Å². The number of rotatable bonds is 6. The monoisotopic (exact) mass is 505 g/mol. The summed E-state index contributed by atoms with van der Waals surface area (Å²) in [6.07, 6.45) is -5.41. The molecule has 0 bridgehead atoms. The zero-order valence-electron chi connectivity index (χ0n) is 18.5. The number of halogens is 4. The molecule has 1 heterocycles. The zero-order chi connectivity index (χ0) is 25.9. The van der Waals surface area contributed by atoms with Crippen molar-refractivity contribution in [3.63, 3.8) is 0 Å². The van der Waals surface area contributed by atoms with Gasteiger partial charge in [0.2, 0.25) is 5.91 Å². The molecule has 3 N–H and O–H groups in total. The molecule has 0 aliphatic heterocycles. The van der Waals surface area contributed by atoms with Crippen LogP contribution < -0.4 is 10.6 Å². The van der Waals surface area contributed by atoms with E-state index >= 15 is 0 Å². The van der Waals surface area contributed by atoms with E-state index in [0.29, 0.717) is 6.07 Å². The molecule has 1 aromatic heterocycles. The van der Waals surface area contributed by atoms with Gasteiger partial charge in [0, 0.05) is 17.5 Å². The van der Waals surface area contributed by atoms with Gasteiger partial charge >= 0.3 is 12.3 Å². The van der Waals surface area contributed by atoms with Gasteiger partial charge in [0.1, 0.15) is 0 Å². The van der Waals surface area contributed by atoms with Gasteiger partial charge in [-0.2, -0.15) is 13.2 Å². The fourth-order valence-electron chi connectivity index (χ4n) is 3.35. The Kier molecular flexibility index (Phi) is 7.45. The first-order chi connectivity index (χ1) is 16.3. The number of aryl methyl sites for hydroxylation is 2. The lowest BCUT2D eigenvalue weighted by molar-refractivity contribution is -0.137. The minimum atomic E-state index is -4.85. The number of amides is 2. The average Bonchev–Trinajstić information content (AvgIpc) is 2.76. The van der Waals surface area contributed by atoms with Crippen LogP contribution in [0.1, 0.15) is 33.6 Å². The minimum absolute atomic E-state index is 0.225. The second-order valence-corrected chi connectivity index (χ2v) is 8.08. The Labute approximate surface area is 202 Å². The topological polar surface area (TPSA) is 108 Å². The van der Waals surface area contributed by atoms with Crippen LogP contribution in [0, 0.1) is 13.8 Å². The van der Waals surface area contributed by atoms with Gasteiger partial charge < -0.3 is 10.4 Å². The quantitative estimate of drug-likeness (QED) is 0.267. The fourth-order valence-corrected chi connectivity index (χ4v) is 3.62. The standard InChI is InChI=1S/C24H19ClF3N3O4/c1-12-11-29-13(2)6-16(12)14-4-3-5-15(7-14)21(32)10-22(33)30-19-8-17(24(26,27)28)18(25)9-20(19)31-23(34)35/h3-9,11,31H,10H2,1-2H3,(H,30,33)(H,34,35). The molecule has 0 saturated heterocycles. The van der Waals surface area contributed by atoms with Crippen LogP contribution in [0.4, 0.5) is 29.3 Å². The molecule has 2 aromatic carbocycles. The molecule has 3 aromatic rings. The lowest BCUT2D eigenvalue weighted by atomic mass is 9.97. The highest BCUT2D eigenvalue weighted by atomic mass is 35.5. The Bertz CT molecular complexity index is 1330. The van der Waals surface area contributed by atoms with Crippen molar-refractivity contribution < 1.29 is 32.7 Å². The van der Waals surface area contributed by atoms with Gasteiger partial charge in [-0.1, -0.05) is 29.8 Å². The summed E-state index contributed by atoms with van der Waals surface area (Å²) in [7, 11) is 0. The molecule has 11 heteroatoms. The number of ketones is 1. The van der Waals surface area contributed by atoms with Gasteiger partial charge in [-0.15, -0.1) is 0 Å². The first kappa shape index (κ1) is 25.7. The average molecular weight is 506 g/mol. The van der Waals surface area contributed by atoms with Crippen LogP contribution >= 0.6 is 11.6 Å². The number of aromatic nitrogens is 1. The number of Topliss-reactive ketones (excluding diaryl/α,β-unsaturated/α-hetero) is 1. The van der Waals surface area contributed by atoms with Crippen molar-refractivity contribution in [1.29, 1.82) is 0 Å². The summed E-state index contributed by atoms with van der Waals surface area (Å²) in [5.41, 5.74) is 1.37. The Morgan fingerprint density at radius 3 is 2.37 bits per heavy atom. The van der Waals surface area contributed by atoms with Crippen LogP contribution in [0.25, 0.3) is 11.1 Å². The highest BCUT2D eigenvalue weighted by Crippen LogP contribution is 2.39. The SMILES string of the molecule is Cc1cc(-c2cccc(C(=O)CC(=O)Nc3cc(C(F)(F)F)c(Cl)cc3NC(=O)O)c2)c(C)cn1. The zero-order valence-corrected chi connectivity index (χ0v) is 19.2. The van der Waals surface area contributed by atoms with E-state index in [1.54, 1.807) is 24.4 Å². The fraction of sp³-hybridized carbons (Fsp3) is 0.167. The molecule has 182 valence electrons. The third-order valence-corrected chi connectivity index (χ3v) is 5.30. The van der Waals surface area contributed by atoms with Gasteiger partial charge in [0.15, 0.2) is 5.78 Å². The molecule has 0 radical (unpaired) electrons. The second-order valence-electron chi connectivity index (χ2n) is 7.68. The van der Waals surface area contributed by atoms with Crippen molar-refractivity contribution in [3.8, 4) is 11.1 Å². The molecular weight excluding hydrogens is 487 g/mol. The first-order valence-corrected chi connectivity index (χ1v) is 10.5. The van der Waals surface area contributed by atoms with E-state index in [-0.39, 0.29) is 11.3 Å². The van der Waals surface area contributed by atoms with Crippen LogP contribution in [-0.2, 0) is 11.0 Å². The Balaban J connectivity index is 1.84.